The van der Waals surface area contributed by atoms with Gasteiger partial charge in [0.25, 0.3) is 0 Å². The Morgan fingerprint density at radius 3 is 2.00 bits per heavy atom. The summed E-state index contributed by atoms with van der Waals surface area (Å²) < 4.78 is 5.84. The summed E-state index contributed by atoms with van der Waals surface area (Å²) >= 11 is 0. The molecule has 0 aliphatic rings. The Labute approximate surface area is 174 Å². The van der Waals surface area contributed by atoms with Crippen LogP contribution in [0.2, 0.25) is 0 Å². The molecule has 2 atom stereocenters. The maximum atomic E-state index is 13.0. The van der Waals surface area contributed by atoms with Gasteiger partial charge in [0.2, 0.25) is 0 Å². The van der Waals surface area contributed by atoms with Gasteiger partial charge >= 0.3 is 5.97 Å². The van der Waals surface area contributed by atoms with E-state index in [9.17, 15) is 4.79 Å². The number of rotatable bonds is 11. The highest BCUT2D eigenvalue weighted by molar-refractivity contribution is 5.79. The van der Waals surface area contributed by atoms with Crippen molar-refractivity contribution in [3.05, 3.63) is 29.8 Å². The van der Waals surface area contributed by atoms with Crippen molar-refractivity contribution in [2.75, 3.05) is 0 Å². The van der Waals surface area contributed by atoms with Crippen LogP contribution in [0.1, 0.15) is 112 Å². The number of esters is 1. The van der Waals surface area contributed by atoms with Crippen LogP contribution in [0, 0.1) is 16.7 Å². The fraction of sp³-hybridized carbons (Fsp3) is 0.731. The molecular formula is C26H44O2. The molecule has 2 nitrogen and oxygen atoms in total. The molecule has 0 amide bonds. The summed E-state index contributed by atoms with van der Waals surface area (Å²) in [6.45, 7) is 17.3. The van der Waals surface area contributed by atoms with Crippen molar-refractivity contribution in [1.82, 2.24) is 0 Å². The van der Waals surface area contributed by atoms with E-state index in [2.05, 4.69) is 60.6 Å². The van der Waals surface area contributed by atoms with E-state index in [1.54, 1.807) is 0 Å². The van der Waals surface area contributed by atoms with E-state index in [1.807, 2.05) is 19.1 Å². The van der Waals surface area contributed by atoms with Gasteiger partial charge < -0.3 is 4.74 Å². The van der Waals surface area contributed by atoms with Crippen molar-refractivity contribution < 1.29 is 9.53 Å². The second-order valence-corrected chi connectivity index (χ2v) is 10.2. The first-order valence-corrected chi connectivity index (χ1v) is 11.4. The van der Waals surface area contributed by atoms with Gasteiger partial charge in [-0.25, -0.2) is 0 Å². The lowest BCUT2D eigenvalue weighted by Gasteiger charge is -2.36. The molecule has 0 N–H and O–H groups in total. The number of carbonyl (C=O) groups excluding carboxylic acids is 1. The van der Waals surface area contributed by atoms with Gasteiger partial charge in [-0.1, -0.05) is 86.3 Å². The van der Waals surface area contributed by atoms with Gasteiger partial charge in [0, 0.05) is 0 Å². The van der Waals surface area contributed by atoms with Gasteiger partial charge in [-0.3, -0.25) is 4.79 Å². The summed E-state index contributed by atoms with van der Waals surface area (Å²) in [4.78, 5) is 13.0. The summed E-state index contributed by atoms with van der Waals surface area (Å²) in [6.07, 6.45) is 8.33. The normalized spacial score (nSPS) is 15.3. The zero-order valence-electron chi connectivity index (χ0n) is 19.7. The molecular weight excluding hydrogens is 344 g/mol. The molecule has 0 spiro atoms. The highest BCUT2D eigenvalue weighted by atomic mass is 16.5. The number of ether oxygens (including phenoxy) is 1. The first-order chi connectivity index (χ1) is 13.0. The van der Waals surface area contributed by atoms with Crippen molar-refractivity contribution in [2.45, 2.75) is 106 Å². The Morgan fingerprint density at radius 1 is 0.929 bits per heavy atom. The van der Waals surface area contributed by atoms with Gasteiger partial charge in [-0.05, 0) is 61.1 Å². The van der Waals surface area contributed by atoms with Crippen LogP contribution in [0.25, 0.3) is 0 Å². The summed E-state index contributed by atoms with van der Waals surface area (Å²) in [5.41, 5.74) is 0.967. The molecule has 1 aromatic carbocycles. The second-order valence-electron chi connectivity index (χ2n) is 10.2. The molecule has 160 valence electrons. The number of benzene rings is 1. The molecule has 2 heteroatoms. The van der Waals surface area contributed by atoms with Crippen LogP contribution >= 0.6 is 0 Å². The number of carbonyl (C=O) groups is 1. The van der Waals surface area contributed by atoms with Crippen molar-refractivity contribution in [3.8, 4) is 5.75 Å². The molecule has 0 fully saturated rings. The number of unbranched alkanes of at least 4 members (excludes halogenated alkanes) is 2. The molecule has 0 aliphatic carbocycles. The smallest absolute Gasteiger partial charge is 0.317 e. The van der Waals surface area contributed by atoms with Gasteiger partial charge in [0.1, 0.15) is 5.75 Å². The van der Waals surface area contributed by atoms with Gasteiger partial charge in [0.15, 0.2) is 0 Å². The van der Waals surface area contributed by atoms with E-state index >= 15 is 0 Å². The van der Waals surface area contributed by atoms with Crippen LogP contribution in [0.15, 0.2) is 24.3 Å². The molecule has 0 heterocycles. The van der Waals surface area contributed by atoms with E-state index in [0.29, 0.717) is 11.7 Å². The van der Waals surface area contributed by atoms with E-state index in [-0.39, 0.29) is 17.3 Å². The average Bonchev–Trinajstić information content (AvgIpc) is 2.60. The van der Waals surface area contributed by atoms with E-state index in [1.165, 1.54) is 44.1 Å². The Morgan fingerprint density at radius 2 is 1.54 bits per heavy atom. The van der Waals surface area contributed by atoms with Crippen molar-refractivity contribution in [3.63, 3.8) is 0 Å². The van der Waals surface area contributed by atoms with Crippen LogP contribution in [-0.4, -0.2) is 5.97 Å². The van der Waals surface area contributed by atoms with Gasteiger partial charge in [0.05, 0.1) is 5.41 Å². The summed E-state index contributed by atoms with van der Waals surface area (Å²) in [7, 11) is 0. The molecule has 2 unspecified atom stereocenters. The van der Waals surface area contributed by atoms with E-state index in [4.69, 9.17) is 4.74 Å². The largest absolute Gasteiger partial charge is 0.426 e. The summed E-state index contributed by atoms with van der Waals surface area (Å²) in [5, 5.41) is 0. The highest BCUT2D eigenvalue weighted by Gasteiger charge is 2.41. The predicted molar refractivity (Wildman–Crippen MR) is 121 cm³/mol. The van der Waals surface area contributed by atoms with Crippen molar-refractivity contribution >= 4 is 5.97 Å². The maximum absolute atomic E-state index is 13.0. The minimum absolute atomic E-state index is 0.0771. The molecule has 1 aromatic rings. The third-order valence-corrected chi connectivity index (χ3v) is 5.99. The Hall–Kier alpha value is -1.31. The predicted octanol–water partition coefficient (Wildman–Crippen LogP) is 8.15. The zero-order valence-corrected chi connectivity index (χ0v) is 19.7. The zero-order chi connectivity index (χ0) is 21.4. The van der Waals surface area contributed by atoms with Crippen LogP contribution < -0.4 is 4.74 Å². The minimum Gasteiger partial charge on any atom is -0.426 e. The molecule has 28 heavy (non-hydrogen) atoms. The first kappa shape index (κ1) is 24.7. The van der Waals surface area contributed by atoms with Crippen LogP contribution in [0.5, 0.6) is 5.75 Å². The standard InChI is InChI=1S/C26H44O2/c1-9-11-12-14-21(13-10-2)22-15-17-23(18-16-22)28-24(27)26(8,20(3)4)19-25(5,6)7/h15-18,20-21H,9-14,19H2,1-8H3. The lowest BCUT2D eigenvalue weighted by molar-refractivity contribution is -0.149. The van der Waals surface area contributed by atoms with Crippen LogP contribution in [-0.2, 0) is 4.79 Å². The molecule has 0 saturated carbocycles. The maximum Gasteiger partial charge on any atom is 0.317 e. The Balaban J connectivity index is 2.87. The van der Waals surface area contributed by atoms with E-state index in [0.717, 1.165) is 6.42 Å². The van der Waals surface area contributed by atoms with E-state index < -0.39 is 5.41 Å². The van der Waals surface area contributed by atoms with Crippen LogP contribution in [0.3, 0.4) is 0 Å². The van der Waals surface area contributed by atoms with Gasteiger partial charge in [-0.2, -0.15) is 0 Å². The average molecular weight is 389 g/mol. The molecule has 0 aliphatic heterocycles. The first-order valence-electron chi connectivity index (χ1n) is 11.4. The number of hydrogen-bond donors (Lipinski definition) is 0. The molecule has 1 rings (SSSR count). The number of hydrogen-bond acceptors (Lipinski definition) is 2. The topological polar surface area (TPSA) is 26.3 Å². The third-order valence-electron chi connectivity index (χ3n) is 5.99. The molecule has 0 saturated heterocycles. The molecule has 0 aromatic heterocycles. The SMILES string of the molecule is CCCCCC(CCC)c1ccc(OC(=O)C(C)(CC(C)(C)C)C(C)C)cc1. The van der Waals surface area contributed by atoms with Crippen molar-refractivity contribution in [2.24, 2.45) is 16.7 Å². The highest BCUT2D eigenvalue weighted by Crippen LogP contribution is 2.40. The molecule has 0 radical (unpaired) electrons. The fourth-order valence-corrected chi connectivity index (χ4v) is 4.11. The monoisotopic (exact) mass is 388 g/mol. The lowest BCUT2D eigenvalue weighted by atomic mass is 9.69. The lowest BCUT2D eigenvalue weighted by Crippen LogP contribution is -2.40. The molecule has 0 bridgehead atoms. The van der Waals surface area contributed by atoms with Crippen molar-refractivity contribution in [1.29, 1.82) is 0 Å². The Bertz CT molecular complexity index is 579. The fourth-order valence-electron chi connectivity index (χ4n) is 4.11. The second kappa shape index (κ2) is 11.0. The summed E-state index contributed by atoms with van der Waals surface area (Å²) in [5.74, 6) is 1.39. The minimum atomic E-state index is -0.484. The van der Waals surface area contributed by atoms with Gasteiger partial charge in [-0.15, -0.1) is 0 Å². The van der Waals surface area contributed by atoms with Crippen LogP contribution in [0.4, 0.5) is 0 Å². The third kappa shape index (κ3) is 7.60. The summed E-state index contributed by atoms with van der Waals surface area (Å²) in [6, 6.07) is 8.28. The Kier molecular flexibility index (Phi) is 9.74. The quantitative estimate of drug-likeness (QED) is 0.217.